The molecule has 1 amide bonds. The average Bonchev–Trinajstić information content (AvgIpc) is 3.02. The number of nitrogens with one attached hydrogen (secondary N) is 1. The van der Waals surface area contributed by atoms with E-state index in [-0.39, 0.29) is 40.7 Å². The van der Waals surface area contributed by atoms with E-state index >= 15 is 0 Å². The molecule has 0 saturated carbocycles. The van der Waals surface area contributed by atoms with Crippen molar-refractivity contribution in [1.82, 2.24) is 19.4 Å². The Kier molecular flexibility index (Phi) is 9.27. The summed E-state index contributed by atoms with van der Waals surface area (Å²) in [5, 5.41) is 16.1. The molecular formula is C23H30ClFN4O6S. The third kappa shape index (κ3) is 7.52. The van der Waals surface area contributed by atoms with Crippen molar-refractivity contribution in [3.63, 3.8) is 0 Å². The maximum atomic E-state index is 14.6. The Morgan fingerprint density at radius 1 is 1.31 bits per heavy atom. The van der Waals surface area contributed by atoms with Crippen LogP contribution in [0.4, 0.5) is 9.18 Å². The number of ether oxygens (including phenoxy) is 1. The number of amides is 1. The lowest BCUT2D eigenvalue weighted by molar-refractivity contribution is 0.0533. The van der Waals surface area contributed by atoms with Crippen molar-refractivity contribution >= 4 is 33.7 Å². The number of carboxylic acid groups (broad SMARTS) is 1. The summed E-state index contributed by atoms with van der Waals surface area (Å²) in [6.07, 6.45) is 0.0742. The van der Waals surface area contributed by atoms with Crippen LogP contribution in [0.3, 0.4) is 0 Å². The molecule has 0 fully saturated rings. The summed E-state index contributed by atoms with van der Waals surface area (Å²) in [4.78, 5) is 23.4. The second kappa shape index (κ2) is 11.4. The molecule has 10 nitrogen and oxygen atoms in total. The van der Waals surface area contributed by atoms with Crippen LogP contribution < -0.4 is 5.32 Å². The molecule has 0 radical (unpaired) electrons. The van der Waals surface area contributed by atoms with Crippen LogP contribution in [0.1, 0.15) is 48.1 Å². The number of halogens is 2. The lowest BCUT2D eigenvalue weighted by Gasteiger charge is -2.19. The Morgan fingerprint density at radius 2 is 1.94 bits per heavy atom. The summed E-state index contributed by atoms with van der Waals surface area (Å²) in [5.41, 5.74) is 0.154. The molecule has 0 saturated heterocycles. The van der Waals surface area contributed by atoms with E-state index in [1.807, 2.05) is 0 Å². The van der Waals surface area contributed by atoms with Gasteiger partial charge in [-0.1, -0.05) is 17.7 Å². The molecule has 2 aromatic rings. The molecule has 36 heavy (non-hydrogen) atoms. The van der Waals surface area contributed by atoms with Crippen LogP contribution in [-0.2, 0) is 27.7 Å². The fraction of sp³-hybridized carbons (Fsp3) is 0.435. The first-order valence-electron chi connectivity index (χ1n) is 10.8. The summed E-state index contributed by atoms with van der Waals surface area (Å²) in [5.74, 6) is -1.98. The molecule has 0 atom stereocenters. The summed E-state index contributed by atoms with van der Waals surface area (Å²) in [6, 6.07) is 4.37. The predicted molar refractivity (Wildman–Crippen MR) is 132 cm³/mol. The Labute approximate surface area is 214 Å². The van der Waals surface area contributed by atoms with Gasteiger partial charge >= 0.3 is 12.1 Å². The normalized spacial score (nSPS) is 12.6. The van der Waals surface area contributed by atoms with Gasteiger partial charge in [0.15, 0.2) is 5.69 Å². The largest absolute Gasteiger partial charge is 0.476 e. The first-order chi connectivity index (χ1) is 16.5. The van der Waals surface area contributed by atoms with Crippen LogP contribution in [0.5, 0.6) is 0 Å². The van der Waals surface area contributed by atoms with Crippen LogP contribution in [0.25, 0.3) is 0 Å². The van der Waals surface area contributed by atoms with Crippen molar-refractivity contribution in [2.75, 3.05) is 20.6 Å². The maximum Gasteiger partial charge on any atom is 0.407 e. The van der Waals surface area contributed by atoms with Gasteiger partial charge in [-0.25, -0.2) is 26.7 Å². The second-order valence-corrected chi connectivity index (χ2v) is 11.7. The molecule has 2 rings (SSSR count). The third-order valence-corrected chi connectivity index (χ3v) is 7.23. The minimum Gasteiger partial charge on any atom is -0.476 e. The van der Waals surface area contributed by atoms with Crippen molar-refractivity contribution in [3.8, 4) is 0 Å². The summed E-state index contributed by atoms with van der Waals surface area (Å²) in [6.45, 7) is 6.64. The zero-order chi connectivity index (χ0) is 27.4. The smallest absolute Gasteiger partial charge is 0.407 e. The van der Waals surface area contributed by atoms with Gasteiger partial charge in [-0.3, -0.25) is 4.68 Å². The molecule has 1 aromatic heterocycles. The standard InChI is InChI=1S/C23H30ClFN4O6S/c1-14-17(12-16(25)9-10-26-22(32)35-23(2,3)4)20(21(30)31)27-29(14)13-15-7-8-19(18(24)11-15)36(33,34)28(5)6/h7-9,11H,10,12-13H2,1-6H3,(H,26,32)(H,30,31)/b16-9-. The van der Waals surface area contributed by atoms with Gasteiger partial charge in [0.1, 0.15) is 16.3 Å². The molecule has 198 valence electrons. The number of aromatic nitrogens is 2. The highest BCUT2D eigenvalue weighted by Gasteiger charge is 2.23. The molecule has 0 aliphatic rings. The highest BCUT2D eigenvalue weighted by Crippen LogP contribution is 2.26. The number of alkyl carbamates (subject to hydrolysis) is 1. The fourth-order valence-electron chi connectivity index (χ4n) is 3.14. The Bertz CT molecular complexity index is 1280. The fourth-order valence-corrected chi connectivity index (χ4v) is 4.58. The van der Waals surface area contributed by atoms with Gasteiger partial charge in [0.25, 0.3) is 0 Å². The number of carbonyl (C=O) groups excluding carboxylic acids is 1. The molecular weight excluding hydrogens is 515 g/mol. The number of carbonyl (C=O) groups is 2. The average molecular weight is 545 g/mol. The van der Waals surface area contributed by atoms with Crippen molar-refractivity contribution in [2.45, 2.75) is 51.2 Å². The number of aromatic carboxylic acids is 1. The number of nitrogens with zero attached hydrogens (tertiary/aromatic N) is 3. The van der Waals surface area contributed by atoms with E-state index < -0.39 is 33.5 Å². The van der Waals surface area contributed by atoms with Crippen LogP contribution in [-0.4, -0.2) is 65.9 Å². The maximum absolute atomic E-state index is 14.6. The van der Waals surface area contributed by atoms with Gasteiger partial charge in [0.05, 0.1) is 11.6 Å². The first-order valence-corrected chi connectivity index (χ1v) is 12.7. The van der Waals surface area contributed by atoms with E-state index in [1.54, 1.807) is 33.8 Å². The van der Waals surface area contributed by atoms with Gasteiger partial charge < -0.3 is 15.2 Å². The van der Waals surface area contributed by atoms with Crippen LogP contribution in [0.2, 0.25) is 5.02 Å². The topological polar surface area (TPSA) is 131 Å². The van der Waals surface area contributed by atoms with Gasteiger partial charge in [-0.15, -0.1) is 0 Å². The molecule has 1 aromatic carbocycles. The number of allylic oxidation sites excluding steroid dienone is 1. The zero-order valence-electron chi connectivity index (χ0n) is 20.9. The lowest BCUT2D eigenvalue weighted by atomic mass is 10.1. The summed E-state index contributed by atoms with van der Waals surface area (Å²) in [7, 11) is -0.952. The Balaban J connectivity index is 2.23. The molecule has 0 bridgehead atoms. The quantitative estimate of drug-likeness (QED) is 0.491. The number of hydrogen-bond acceptors (Lipinski definition) is 6. The van der Waals surface area contributed by atoms with E-state index in [4.69, 9.17) is 16.3 Å². The monoisotopic (exact) mass is 544 g/mol. The number of rotatable bonds is 9. The third-order valence-electron chi connectivity index (χ3n) is 4.93. The van der Waals surface area contributed by atoms with Crippen LogP contribution in [0.15, 0.2) is 35.0 Å². The number of benzene rings is 1. The molecule has 0 aliphatic carbocycles. The van der Waals surface area contributed by atoms with Gasteiger partial charge in [0, 0.05) is 38.3 Å². The van der Waals surface area contributed by atoms with E-state index in [9.17, 15) is 27.5 Å². The summed E-state index contributed by atoms with van der Waals surface area (Å²) < 4.78 is 46.8. The van der Waals surface area contributed by atoms with E-state index in [1.165, 1.54) is 30.9 Å². The number of carboxylic acids is 1. The highest BCUT2D eigenvalue weighted by atomic mass is 35.5. The highest BCUT2D eigenvalue weighted by molar-refractivity contribution is 7.89. The van der Waals surface area contributed by atoms with E-state index in [0.717, 1.165) is 10.4 Å². The first kappa shape index (κ1) is 29.3. The Morgan fingerprint density at radius 3 is 2.47 bits per heavy atom. The number of sulfonamides is 1. The number of hydrogen-bond donors (Lipinski definition) is 2. The van der Waals surface area contributed by atoms with E-state index in [0.29, 0.717) is 11.3 Å². The molecule has 2 N–H and O–H groups in total. The zero-order valence-corrected chi connectivity index (χ0v) is 22.5. The Hall–Kier alpha value is -2.96. The second-order valence-electron chi connectivity index (χ2n) is 9.14. The summed E-state index contributed by atoms with van der Waals surface area (Å²) >= 11 is 6.20. The lowest BCUT2D eigenvalue weighted by Crippen LogP contribution is -2.32. The van der Waals surface area contributed by atoms with Crippen molar-refractivity contribution < 1.29 is 32.2 Å². The molecule has 0 unspecified atom stereocenters. The van der Waals surface area contributed by atoms with Crippen molar-refractivity contribution in [3.05, 3.63) is 57.6 Å². The van der Waals surface area contributed by atoms with Gasteiger partial charge in [-0.05, 0) is 51.5 Å². The molecule has 13 heteroatoms. The minimum absolute atomic E-state index is 0.0103. The van der Waals surface area contributed by atoms with Crippen molar-refractivity contribution in [1.29, 1.82) is 0 Å². The predicted octanol–water partition coefficient (Wildman–Crippen LogP) is 3.76. The molecule has 0 spiro atoms. The molecule has 0 aliphatic heterocycles. The van der Waals surface area contributed by atoms with Crippen LogP contribution >= 0.6 is 11.6 Å². The van der Waals surface area contributed by atoms with Gasteiger partial charge in [-0.2, -0.15) is 5.10 Å². The minimum atomic E-state index is -3.74. The van der Waals surface area contributed by atoms with E-state index in [2.05, 4.69) is 10.4 Å². The molecule has 1 heterocycles. The van der Waals surface area contributed by atoms with Gasteiger partial charge in [0.2, 0.25) is 10.0 Å². The van der Waals surface area contributed by atoms with Crippen LogP contribution in [0, 0.1) is 6.92 Å². The van der Waals surface area contributed by atoms with Crippen molar-refractivity contribution in [2.24, 2.45) is 0 Å². The SMILES string of the molecule is Cc1c(C/C(F)=C/CNC(=O)OC(C)(C)C)c(C(=O)O)nn1Cc1ccc(S(=O)(=O)N(C)C)c(Cl)c1.